The van der Waals surface area contributed by atoms with Gasteiger partial charge >= 0.3 is 0 Å². The first-order chi connectivity index (χ1) is 11.2. The third-order valence-electron chi connectivity index (χ3n) is 5.22. The first-order valence-electron chi connectivity index (χ1n) is 8.69. The van der Waals surface area contributed by atoms with Crippen molar-refractivity contribution in [1.82, 2.24) is 0 Å². The van der Waals surface area contributed by atoms with Crippen LogP contribution in [-0.2, 0) is 10.3 Å². The molecule has 3 rings (SSSR count). The lowest BCUT2D eigenvalue weighted by Gasteiger charge is -2.63. The summed E-state index contributed by atoms with van der Waals surface area (Å²) in [5.41, 5.74) is 0.977. The normalized spacial score (nSPS) is 23.3. The highest BCUT2D eigenvalue weighted by atomic mass is 16.6. The van der Waals surface area contributed by atoms with Gasteiger partial charge < -0.3 is 9.84 Å². The van der Waals surface area contributed by atoms with Gasteiger partial charge in [-0.3, -0.25) is 0 Å². The fourth-order valence-electron chi connectivity index (χ4n) is 4.09. The van der Waals surface area contributed by atoms with Crippen LogP contribution >= 0.6 is 0 Å². The van der Waals surface area contributed by atoms with E-state index in [4.69, 9.17) is 4.74 Å². The van der Waals surface area contributed by atoms with Crippen molar-refractivity contribution in [2.24, 2.45) is 11.3 Å². The molecule has 1 N–H and O–H groups in total. The molecule has 2 atom stereocenters. The van der Waals surface area contributed by atoms with E-state index in [0.717, 1.165) is 11.1 Å². The Morgan fingerprint density at radius 3 is 1.62 bits per heavy atom. The van der Waals surface area contributed by atoms with Crippen LogP contribution in [0.15, 0.2) is 60.7 Å². The molecule has 2 aromatic carbocycles. The molecule has 1 saturated heterocycles. The molecule has 1 aliphatic rings. The van der Waals surface area contributed by atoms with Crippen molar-refractivity contribution < 1.29 is 9.84 Å². The molecular weight excluding hydrogens is 296 g/mol. The van der Waals surface area contributed by atoms with E-state index < -0.39 is 17.3 Å². The van der Waals surface area contributed by atoms with Crippen LogP contribution in [-0.4, -0.2) is 16.8 Å². The van der Waals surface area contributed by atoms with E-state index in [9.17, 15) is 5.11 Å². The van der Waals surface area contributed by atoms with Crippen LogP contribution in [0, 0.1) is 11.3 Å². The number of ether oxygens (including phenoxy) is 1. The van der Waals surface area contributed by atoms with E-state index in [2.05, 4.69) is 58.9 Å². The van der Waals surface area contributed by atoms with Crippen molar-refractivity contribution in [3.8, 4) is 0 Å². The summed E-state index contributed by atoms with van der Waals surface area (Å²) in [5.74, 6) is -0.0326. The van der Waals surface area contributed by atoms with Crippen LogP contribution in [0.25, 0.3) is 0 Å². The van der Waals surface area contributed by atoms with Crippen LogP contribution in [0.3, 0.4) is 0 Å². The molecule has 0 aliphatic carbocycles. The Balaban J connectivity index is 2.20. The molecular formula is C22H28O2. The predicted molar refractivity (Wildman–Crippen MR) is 97.8 cm³/mol. The summed E-state index contributed by atoms with van der Waals surface area (Å²) in [6.07, 6.45) is -0.485. The maximum atomic E-state index is 11.2. The molecule has 128 valence electrons. The maximum absolute atomic E-state index is 11.2. The van der Waals surface area contributed by atoms with Gasteiger partial charge in [0.15, 0.2) is 0 Å². The van der Waals surface area contributed by atoms with Gasteiger partial charge in [-0.15, -0.1) is 0 Å². The van der Waals surface area contributed by atoms with E-state index >= 15 is 0 Å². The number of aliphatic hydroxyl groups excluding tert-OH is 1. The summed E-state index contributed by atoms with van der Waals surface area (Å²) in [5, 5.41) is 11.2. The lowest BCUT2D eigenvalue weighted by atomic mass is 9.58. The van der Waals surface area contributed by atoms with Gasteiger partial charge in [0.05, 0.1) is 17.6 Å². The summed E-state index contributed by atoms with van der Waals surface area (Å²) in [6.45, 7) is 10.4. The lowest BCUT2D eigenvalue weighted by molar-refractivity contribution is -0.330. The number of rotatable bonds is 3. The SMILES string of the molecule is CC(C)(C)C(O)C1C(C)(C)OC1(c1ccccc1)c1ccccc1. The molecule has 0 bridgehead atoms. The second-order valence-electron chi connectivity index (χ2n) is 8.46. The van der Waals surface area contributed by atoms with Gasteiger partial charge in [0.1, 0.15) is 5.60 Å². The van der Waals surface area contributed by atoms with Crippen LogP contribution in [0.1, 0.15) is 45.7 Å². The quantitative estimate of drug-likeness (QED) is 0.882. The average molecular weight is 324 g/mol. The Labute approximate surface area is 145 Å². The van der Waals surface area contributed by atoms with Gasteiger partial charge in [-0.05, 0) is 30.4 Å². The highest BCUT2D eigenvalue weighted by Gasteiger charge is 2.65. The highest BCUT2D eigenvalue weighted by Crippen LogP contribution is 2.60. The summed E-state index contributed by atoms with van der Waals surface area (Å²) < 4.78 is 6.56. The molecule has 0 spiro atoms. The van der Waals surface area contributed by atoms with Crippen molar-refractivity contribution in [3.63, 3.8) is 0 Å². The van der Waals surface area contributed by atoms with Crippen LogP contribution in [0.2, 0.25) is 0 Å². The zero-order valence-corrected chi connectivity index (χ0v) is 15.3. The van der Waals surface area contributed by atoms with E-state index in [-0.39, 0.29) is 11.3 Å². The molecule has 2 heteroatoms. The number of benzene rings is 2. The number of hydrogen-bond acceptors (Lipinski definition) is 2. The van der Waals surface area contributed by atoms with Crippen LogP contribution < -0.4 is 0 Å². The minimum absolute atomic E-state index is 0.0326. The van der Waals surface area contributed by atoms with Crippen molar-refractivity contribution in [1.29, 1.82) is 0 Å². The summed E-state index contributed by atoms with van der Waals surface area (Å²) >= 11 is 0. The molecule has 0 amide bonds. The Kier molecular flexibility index (Phi) is 4.09. The lowest BCUT2D eigenvalue weighted by Crippen LogP contribution is -2.69. The maximum Gasteiger partial charge on any atom is 0.127 e. The van der Waals surface area contributed by atoms with E-state index in [1.165, 1.54) is 0 Å². The molecule has 1 fully saturated rings. The van der Waals surface area contributed by atoms with Gasteiger partial charge in [-0.2, -0.15) is 0 Å². The minimum atomic E-state index is -0.612. The first kappa shape index (κ1) is 17.2. The van der Waals surface area contributed by atoms with Crippen LogP contribution in [0.5, 0.6) is 0 Å². The summed E-state index contributed by atoms with van der Waals surface area (Å²) in [4.78, 5) is 0. The number of hydrogen-bond donors (Lipinski definition) is 1. The Morgan fingerprint density at radius 2 is 1.29 bits per heavy atom. The first-order valence-corrected chi connectivity index (χ1v) is 8.69. The molecule has 2 aromatic rings. The van der Waals surface area contributed by atoms with Gasteiger partial charge in [-0.1, -0.05) is 81.4 Å². The van der Waals surface area contributed by atoms with Crippen LogP contribution in [0.4, 0.5) is 0 Å². The van der Waals surface area contributed by atoms with Crippen molar-refractivity contribution >= 4 is 0 Å². The fourth-order valence-corrected chi connectivity index (χ4v) is 4.09. The molecule has 0 radical (unpaired) electrons. The van der Waals surface area contributed by atoms with Crippen molar-refractivity contribution in [2.75, 3.05) is 0 Å². The Bertz CT molecular complexity index is 643. The molecule has 2 nitrogen and oxygen atoms in total. The van der Waals surface area contributed by atoms with E-state index in [0.29, 0.717) is 0 Å². The van der Waals surface area contributed by atoms with E-state index in [1.807, 2.05) is 36.4 Å². The zero-order valence-electron chi connectivity index (χ0n) is 15.3. The average Bonchev–Trinajstić information content (AvgIpc) is 2.53. The van der Waals surface area contributed by atoms with Gasteiger partial charge in [0.25, 0.3) is 0 Å². The molecule has 24 heavy (non-hydrogen) atoms. The molecule has 0 aromatic heterocycles. The summed E-state index contributed by atoms with van der Waals surface area (Å²) in [7, 11) is 0. The standard InChI is InChI=1S/C22H28O2/c1-20(2,3)19(23)18-21(4,5)24-22(18,16-12-8-6-9-13-16)17-14-10-7-11-15-17/h6-15,18-19,23H,1-5H3. The van der Waals surface area contributed by atoms with Crippen molar-refractivity contribution in [3.05, 3.63) is 71.8 Å². The van der Waals surface area contributed by atoms with Gasteiger partial charge in [0.2, 0.25) is 0 Å². The molecule has 2 unspecified atom stereocenters. The summed E-state index contributed by atoms with van der Waals surface area (Å²) in [6, 6.07) is 20.6. The zero-order chi connectivity index (χ0) is 17.6. The second-order valence-corrected chi connectivity index (χ2v) is 8.46. The topological polar surface area (TPSA) is 29.5 Å². The second kappa shape index (κ2) is 5.72. The predicted octanol–water partition coefficient (Wildman–Crippen LogP) is 4.76. The third kappa shape index (κ3) is 2.58. The van der Waals surface area contributed by atoms with E-state index in [1.54, 1.807) is 0 Å². The Hall–Kier alpha value is -1.64. The fraction of sp³-hybridized carbons (Fsp3) is 0.455. The molecule has 1 aliphatic heterocycles. The third-order valence-corrected chi connectivity index (χ3v) is 5.22. The Morgan fingerprint density at radius 1 is 0.875 bits per heavy atom. The monoisotopic (exact) mass is 324 g/mol. The van der Waals surface area contributed by atoms with Crippen molar-refractivity contribution in [2.45, 2.75) is 51.9 Å². The van der Waals surface area contributed by atoms with Gasteiger partial charge in [-0.25, -0.2) is 0 Å². The number of aliphatic hydroxyl groups is 1. The molecule has 0 saturated carbocycles. The molecule has 1 heterocycles. The van der Waals surface area contributed by atoms with Gasteiger partial charge in [0, 0.05) is 0 Å². The smallest absolute Gasteiger partial charge is 0.127 e. The largest absolute Gasteiger partial charge is 0.392 e. The highest BCUT2D eigenvalue weighted by molar-refractivity contribution is 5.42. The minimum Gasteiger partial charge on any atom is -0.392 e.